The molecule has 0 N–H and O–H groups in total. The molecule has 0 spiro atoms. The summed E-state index contributed by atoms with van der Waals surface area (Å²) in [6.07, 6.45) is 2.84. The maximum Gasteiger partial charge on any atom is 0.0835 e. The fourth-order valence-corrected chi connectivity index (χ4v) is 0.892. The molecule has 0 amide bonds. The van der Waals surface area contributed by atoms with Gasteiger partial charge in [0.15, 0.2) is 0 Å². The molecule has 0 bridgehead atoms. The predicted molar refractivity (Wildman–Crippen MR) is 33.5 cm³/mol. The first-order valence-corrected chi connectivity index (χ1v) is 3.25. The van der Waals surface area contributed by atoms with Crippen molar-refractivity contribution in [1.29, 1.82) is 0 Å². The Morgan fingerprint density at radius 2 is 2.50 bits per heavy atom. The van der Waals surface area contributed by atoms with Crippen molar-refractivity contribution in [3.63, 3.8) is 0 Å². The van der Waals surface area contributed by atoms with Gasteiger partial charge in [-0.05, 0) is 12.3 Å². The Bertz CT molecular complexity index is 66.8. The molecule has 1 heterocycles. The van der Waals surface area contributed by atoms with E-state index < -0.39 is 0 Å². The Kier molecular flexibility index (Phi) is 1.90. The van der Waals surface area contributed by atoms with Gasteiger partial charge >= 0.3 is 0 Å². The van der Waals surface area contributed by atoms with Crippen LogP contribution in [0.15, 0.2) is 0 Å². The standard InChI is InChI=1S/C7H13O/c1-3-4-6(2)7-5-8-7/h6-7H,1,3-5H2,2H3. The van der Waals surface area contributed by atoms with Crippen LogP contribution in [0, 0.1) is 12.8 Å². The van der Waals surface area contributed by atoms with Crippen molar-refractivity contribution < 1.29 is 4.74 Å². The highest BCUT2D eigenvalue weighted by atomic mass is 16.6. The summed E-state index contributed by atoms with van der Waals surface area (Å²) in [5.74, 6) is 0.743. The van der Waals surface area contributed by atoms with Gasteiger partial charge in [0.2, 0.25) is 0 Å². The highest BCUT2D eigenvalue weighted by molar-refractivity contribution is 4.75. The van der Waals surface area contributed by atoms with Crippen LogP contribution in [-0.4, -0.2) is 12.7 Å². The van der Waals surface area contributed by atoms with E-state index in [-0.39, 0.29) is 0 Å². The smallest absolute Gasteiger partial charge is 0.0835 e. The van der Waals surface area contributed by atoms with Gasteiger partial charge in [0, 0.05) is 0 Å². The summed E-state index contributed by atoms with van der Waals surface area (Å²) in [7, 11) is 0. The summed E-state index contributed by atoms with van der Waals surface area (Å²) in [5.41, 5.74) is 0. The lowest BCUT2D eigenvalue weighted by atomic mass is 10.0. The minimum atomic E-state index is 0.580. The van der Waals surface area contributed by atoms with E-state index in [9.17, 15) is 0 Å². The lowest BCUT2D eigenvalue weighted by Gasteiger charge is -2.02. The molecule has 0 aromatic heterocycles. The lowest BCUT2D eigenvalue weighted by molar-refractivity contribution is 0.332. The Morgan fingerprint density at radius 1 is 1.88 bits per heavy atom. The SMILES string of the molecule is [CH2]CCC(C)C1CO1. The molecule has 0 aromatic rings. The van der Waals surface area contributed by atoms with Crippen LogP contribution in [0.2, 0.25) is 0 Å². The molecule has 1 aliphatic rings. The summed E-state index contributed by atoms with van der Waals surface area (Å²) in [6, 6.07) is 0. The van der Waals surface area contributed by atoms with Crippen LogP contribution in [0.3, 0.4) is 0 Å². The van der Waals surface area contributed by atoms with Gasteiger partial charge in [0.05, 0.1) is 12.7 Å². The quantitative estimate of drug-likeness (QED) is 0.507. The van der Waals surface area contributed by atoms with Crippen molar-refractivity contribution in [3.8, 4) is 0 Å². The molecule has 0 aliphatic carbocycles. The fourth-order valence-electron chi connectivity index (χ4n) is 0.892. The van der Waals surface area contributed by atoms with E-state index in [2.05, 4.69) is 13.8 Å². The Morgan fingerprint density at radius 3 is 2.88 bits per heavy atom. The molecular formula is C7H13O. The molecule has 1 radical (unpaired) electrons. The maximum atomic E-state index is 5.10. The normalized spacial score (nSPS) is 30.0. The highest BCUT2D eigenvalue weighted by Crippen LogP contribution is 2.22. The molecule has 2 unspecified atom stereocenters. The first-order valence-electron chi connectivity index (χ1n) is 3.25. The van der Waals surface area contributed by atoms with Crippen molar-refractivity contribution in [2.45, 2.75) is 25.9 Å². The summed E-state index contributed by atoms with van der Waals surface area (Å²) in [5, 5.41) is 0. The van der Waals surface area contributed by atoms with Crippen LogP contribution >= 0.6 is 0 Å². The molecule has 1 rings (SSSR count). The molecule has 0 saturated carbocycles. The molecule has 1 fully saturated rings. The molecular weight excluding hydrogens is 100 g/mol. The molecule has 1 aliphatic heterocycles. The summed E-state index contributed by atoms with van der Waals surface area (Å²) < 4.78 is 5.10. The Balaban J connectivity index is 2.03. The van der Waals surface area contributed by atoms with Gasteiger partial charge in [0.1, 0.15) is 0 Å². The number of hydrogen-bond donors (Lipinski definition) is 0. The van der Waals surface area contributed by atoms with E-state index in [1.165, 1.54) is 6.42 Å². The first kappa shape index (κ1) is 6.09. The van der Waals surface area contributed by atoms with Crippen molar-refractivity contribution in [2.75, 3.05) is 6.61 Å². The van der Waals surface area contributed by atoms with E-state index in [0.717, 1.165) is 18.9 Å². The number of hydrogen-bond acceptors (Lipinski definition) is 1. The lowest BCUT2D eigenvalue weighted by Crippen LogP contribution is -2.01. The first-order chi connectivity index (χ1) is 3.84. The van der Waals surface area contributed by atoms with Gasteiger partial charge in [0.25, 0.3) is 0 Å². The third kappa shape index (κ3) is 1.48. The molecule has 0 aromatic carbocycles. The summed E-state index contributed by atoms with van der Waals surface area (Å²) in [4.78, 5) is 0. The zero-order chi connectivity index (χ0) is 5.98. The average Bonchev–Trinajstić information content (AvgIpc) is 2.45. The molecule has 8 heavy (non-hydrogen) atoms. The number of rotatable bonds is 3. The van der Waals surface area contributed by atoms with Crippen LogP contribution in [0.4, 0.5) is 0 Å². The van der Waals surface area contributed by atoms with Gasteiger partial charge in [-0.25, -0.2) is 0 Å². The minimum Gasteiger partial charge on any atom is -0.373 e. The zero-order valence-corrected chi connectivity index (χ0v) is 5.39. The highest BCUT2D eigenvalue weighted by Gasteiger charge is 2.28. The van der Waals surface area contributed by atoms with E-state index in [1.807, 2.05) is 0 Å². The number of epoxide rings is 1. The van der Waals surface area contributed by atoms with Crippen molar-refractivity contribution in [2.24, 2.45) is 5.92 Å². The van der Waals surface area contributed by atoms with E-state index >= 15 is 0 Å². The maximum absolute atomic E-state index is 5.10. The topological polar surface area (TPSA) is 12.5 Å². The van der Waals surface area contributed by atoms with Crippen LogP contribution in [-0.2, 0) is 4.74 Å². The Hall–Kier alpha value is -0.0400. The largest absolute Gasteiger partial charge is 0.373 e. The third-order valence-corrected chi connectivity index (χ3v) is 1.65. The van der Waals surface area contributed by atoms with Gasteiger partial charge < -0.3 is 4.74 Å². The van der Waals surface area contributed by atoms with Gasteiger partial charge in [-0.3, -0.25) is 0 Å². The van der Waals surface area contributed by atoms with Crippen LogP contribution < -0.4 is 0 Å². The molecule has 47 valence electrons. The Labute approximate surface area is 51.0 Å². The third-order valence-electron chi connectivity index (χ3n) is 1.65. The second-order valence-corrected chi connectivity index (χ2v) is 2.49. The van der Waals surface area contributed by atoms with Crippen molar-refractivity contribution in [3.05, 3.63) is 6.92 Å². The number of ether oxygens (including phenoxy) is 1. The molecule has 2 atom stereocenters. The van der Waals surface area contributed by atoms with E-state index in [1.54, 1.807) is 0 Å². The summed E-state index contributed by atoms with van der Waals surface area (Å²) in [6.45, 7) is 6.99. The van der Waals surface area contributed by atoms with Crippen LogP contribution in [0.25, 0.3) is 0 Å². The fraction of sp³-hybridized carbons (Fsp3) is 0.857. The second-order valence-electron chi connectivity index (χ2n) is 2.49. The van der Waals surface area contributed by atoms with Crippen molar-refractivity contribution >= 4 is 0 Å². The van der Waals surface area contributed by atoms with Gasteiger partial charge in [-0.2, -0.15) is 0 Å². The van der Waals surface area contributed by atoms with Crippen LogP contribution in [0.5, 0.6) is 0 Å². The average molecular weight is 113 g/mol. The summed E-state index contributed by atoms with van der Waals surface area (Å²) >= 11 is 0. The molecule has 1 nitrogen and oxygen atoms in total. The van der Waals surface area contributed by atoms with E-state index in [0.29, 0.717) is 6.10 Å². The zero-order valence-electron chi connectivity index (χ0n) is 5.39. The van der Waals surface area contributed by atoms with Crippen LogP contribution in [0.1, 0.15) is 19.8 Å². The van der Waals surface area contributed by atoms with Crippen molar-refractivity contribution in [1.82, 2.24) is 0 Å². The molecule has 1 heteroatoms. The minimum absolute atomic E-state index is 0.580. The van der Waals surface area contributed by atoms with E-state index in [4.69, 9.17) is 4.74 Å². The molecule has 1 saturated heterocycles. The second kappa shape index (κ2) is 2.49. The predicted octanol–water partition coefficient (Wildman–Crippen LogP) is 1.64. The van der Waals surface area contributed by atoms with Gasteiger partial charge in [-0.1, -0.05) is 20.3 Å². The monoisotopic (exact) mass is 113 g/mol. The van der Waals surface area contributed by atoms with Gasteiger partial charge in [-0.15, -0.1) is 0 Å².